The van der Waals surface area contributed by atoms with Crippen molar-refractivity contribution in [3.63, 3.8) is 0 Å². The number of rotatable bonds is 8. The topological polar surface area (TPSA) is 37.3 Å². The molecule has 0 saturated heterocycles. The van der Waals surface area contributed by atoms with Crippen LogP contribution in [-0.2, 0) is 4.79 Å². The van der Waals surface area contributed by atoms with Gasteiger partial charge in [-0.05, 0) is 212 Å². The maximum atomic E-state index is 12.0. The van der Waals surface area contributed by atoms with Crippen LogP contribution in [0.25, 0.3) is 0 Å². The van der Waals surface area contributed by atoms with E-state index in [0.717, 1.165) is 73.5 Å². The molecule has 8 aliphatic rings. The fourth-order valence-corrected chi connectivity index (χ4v) is 15.5. The van der Waals surface area contributed by atoms with Crippen LogP contribution < -0.4 is 0 Å². The first-order valence-electron chi connectivity index (χ1n) is 23.8. The number of aliphatic hydroxyl groups excluding tert-OH is 1. The van der Waals surface area contributed by atoms with Crippen LogP contribution in [0.1, 0.15) is 185 Å². The van der Waals surface area contributed by atoms with Crippen LogP contribution in [0, 0.1) is 69.0 Å². The molecule has 0 aromatic rings. The van der Waals surface area contributed by atoms with Gasteiger partial charge in [-0.1, -0.05) is 105 Å². The van der Waals surface area contributed by atoms with Gasteiger partial charge in [-0.15, -0.1) is 0 Å². The van der Waals surface area contributed by atoms with Crippen molar-refractivity contribution in [3.05, 3.63) is 69.9 Å². The number of carbonyl (C=O) groups excluding carboxylic acids is 1. The molecule has 310 valence electrons. The van der Waals surface area contributed by atoms with Gasteiger partial charge in [0.25, 0.3) is 0 Å². The zero-order valence-electron chi connectivity index (χ0n) is 37.7. The van der Waals surface area contributed by atoms with Crippen molar-refractivity contribution < 1.29 is 9.90 Å². The molecule has 0 unspecified atom stereocenters. The zero-order chi connectivity index (χ0) is 40.2. The first kappa shape index (κ1) is 42.2. The highest BCUT2D eigenvalue weighted by Crippen LogP contribution is 2.68. The summed E-state index contributed by atoms with van der Waals surface area (Å²) in [4.78, 5) is 12.0. The maximum Gasteiger partial charge on any atom is 0.155 e. The van der Waals surface area contributed by atoms with Crippen molar-refractivity contribution in [3.8, 4) is 0 Å². The molecule has 56 heavy (non-hydrogen) atoms. The highest BCUT2D eigenvalue weighted by molar-refractivity contribution is 5.91. The Hall–Kier alpha value is -1.93. The van der Waals surface area contributed by atoms with Gasteiger partial charge in [-0.25, -0.2) is 0 Å². The Bertz CT molecular complexity index is 1670. The summed E-state index contributed by atoms with van der Waals surface area (Å²) >= 11 is 0. The molecular weight excluding hydrogens is 681 g/mol. The lowest BCUT2D eigenvalue weighted by Gasteiger charge is -2.55. The van der Waals surface area contributed by atoms with Gasteiger partial charge >= 0.3 is 0 Å². The number of carbonyl (C=O) groups is 1. The van der Waals surface area contributed by atoms with Crippen molar-refractivity contribution >= 4 is 5.78 Å². The third kappa shape index (κ3) is 7.56. The molecule has 5 fully saturated rings. The molecule has 0 heterocycles. The molecule has 1 N–H and O–H groups in total. The molecule has 5 saturated carbocycles. The zero-order valence-corrected chi connectivity index (χ0v) is 37.7. The fraction of sp³-hybridized carbons (Fsp3) is 0.759. The normalized spacial score (nSPS) is 41.9. The van der Waals surface area contributed by atoms with Crippen LogP contribution in [0.3, 0.4) is 0 Å². The van der Waals surface area contributed by atoms with Crippen LogP contribution in [0.5, 0.6) is 0 Å². The molecule has 2 nitrogen and oxygen atoms in total. The standard InChI is InChI=1S/C27H42O.C27H40O/c2*1-18(2)7-6-8-19(3)23-11-12-24-22-10-9-20-17-21(28)13-15-26(20,4)25(22)14-16-27(23,24)5/h7,9-10,19,21,23-25,28H,6,8,11-17H2,1-5H3;7,10,17,19,23-25H,6,8-9,11-16H2,1-5H3/t19-,21+,23-,24+,25+,26+,27-;19-,23-,24+,25+,26+,27-/m11/s1. The Morgan fingerprint density at radius 2 is 1.21 bits per heavy atom. The number of allylic oxidation sites excluding steroid dienone is 11. The number of hydrogen-bond acceptors (Lipinski definition) is 2. The van der Waals surface area contributed by atoms with Gasteiger partial charge in [-0.2, -0.15) is 0 Å². The SMILES string of the molecule is CC(C)=CCC[C@@H](C)[C@H]1CC[C@H]2C3=CC=C4C[C@@H](O)CC[C@]4(C)[C@H]3CC[C@]12C.CC(C)=CCC[C@@H](C)[C@H]1CC[C@H]2C3=CCC4=CC(=O)CC[C@]4(C)[C@H]3CC[C@]12C. The van der Waals surface area contributed by atoms with Crippen LogP contribution in [0.4, 0.5) is 0 Å². The molecule has 0 amide bonds. The highest BCUT2D eigenvalue weighted by atomic mass is 16.3. The number of hydrogen-bond donors (Lipinski definition) is 1. The summed E-state index contributed by atoms with van der Waals surface area (Å²) in [7, 11) is 0. The summed E-state index contributed by atoms with van der Waals surface area (Å²) in [6.07, 6.45) is 36.5. The Balaban J connectivity index is 0.000000172. The average Bonchev–Trinajstić information content (AvgIpc) is 3.69. The van der Waals surface area contributed by atoms with Gasteiger partial charge in [0, 0.05) is 6.42 Å². The van der Waals surface area contributed by atoms with E-state index in [9.17, 15) is 9.90 Å². The van der Waals surface area contributed by atoms with Gasteiger partial charge in [0.15, 0.2) is 5.78 Å². The second-order valence-electron chi connectivity index (χ2n) is 22.5. The van der Waals surface area contributed by atoms with Gasteiger partial charge in [0.2, 0.25) is 0 Å². The smallest absolute Gasteiger partial charge is 0.155 e. The Labute approximate surface area is 344 Å². The van der Waals surface area contributed by atoms with E-state index in [1.807, 2.05) is 6.08 Å². The van der Waals surface area contributed by atoms with E-state index in [1.54, 1.807) is 11.1 Å². The second kappa shape index (κ2) is 16.3. The van der Waals surface area contributed by atoms with Crippen LogP contribution in [0.2, 0.25) is 0 Å². The van der Waals surface area contributed by atoms with Gasteiger partial charge in [-0.3, -0.25) is 4.79 Å². The minimum atomic E-state index is -0.111. The number of aliphatic hydroxyl groups is 1. The molecule has 8 aliphatic carbocycles. The molecule has 0 bridgehead atoms. The van der Waals surface area contributed by atoms with Crippen molar-refractivity contribution in [1.82, 2.24) is 0 Å². The molecule has 13 atom stereocenters. The molecular formula is C54H82O2. The van der Waals surface area contributed by atoms with E-state index in [4.69, 9.17) is 0 Å². The van der Waals surface area contributed by atoms with Crippen LogP contribution in [0.15, 0.2) is 69.9 Å². The summed E-state index contributed by atoms with van der Waals surface area (Å²) in [6, 6.07) is 0. The lowest BCUT2D eigenvalue weighted by Crippen LogP contribution is -2.46. The van der Waals surface area contributed by atoms with E-state index in [-0.39, 0.29) is 11.5 Å². The van der Waals surface area contributed by atoms with Crippen molar-refractivity contribution in [1.29, 1.82) is 0 Å². The monoisotopic (exact) mass is 763 g/mol. The van der Waals surface area contributed by atoms with E-state index in [0.29, 0.717) is 27.9 Å². The predicted octanol–water partition coefficient (Wildman–Crippen LogP) is 14.7. The van der Waals surface area contributed by atoms with Crippen molar-refractivity contribution in [2.24, 2.45) is 69.0 Å². The van der Waals surface area contributed by atoms with Gasteiger partial charge in [0.1, 0.15) is 0 Å². The first-order chi connectivity index (χ1) is 26.5. The first-order valence-corrected chi connectivity index (χ1v) is 23.8. The van der Waals surface area contributed by atoms with Crippen LogP contribution >= 0.6 is 0 Å². The van der Waals surface area contributed by atoms with Gasteiger partial charge < -0.3 is 5.11 Å². The van der Waals surface area contributed by atoms with E-state index in [2.05, 4.69) is 99.6 Å². The molecule has 0 aromatic heterocycles. The van der Waals surface area contributed by atoms with E-state index in [1.165, 1.54) is 106 Å². The summed E-state index contributed by atoms with van der Waals surface area (Å²) in [5, 5.41) is 10.2. The maximum absolute atomic E-state index is 12.0. The van der Waals surface area contributed by atoms with E-state index >= 15 is 0 Å². The minimum Gasteiger partial charge on any atom is -0.393 e. The molecule has 2 heteroatoms. The molecule has 0 spiro atoms. The Morgan fingerprint density at radius 1 is 0.679 bits per heavy atom. The quantitative estimate of drug-likeness (QED) is 0.250. The molecule has 8 rings (SSSR count). The Morgan fingerprint density at radius 3 is 1.79 bits per heavy atom. The van der Waals surface area contributed by atoms with Crippen LogP contribution in [-0.4, -0.2) is 17.0 Å². The molecule has 0 aromatic carbocycles. The number of fused-ring (bicyclic) bond motifs is 10. The van der Waals surface area contributed by atoms with Gasteiger partial charge in [0.05, 0.1) is 6.10 Å². The average molecular weight is 763 g/mol. The lowest BCUT2D eigenvalue weighted by atomic mass is 9.50. The predicted molar refractivity (Wildman–Crippen MR) is 237 cm³/mol. The summed E-state index contributed by atoms with van der Waals surface area (Å²) in [6.45, 7) is 24.2. The summed E-state index contributed by atoms with van der Waals surface area (Å²) in [5.41, 5.74) is 11.0. The number of ketones is 1. The fourth-order valence-electron chi connectivity index (χ4n) is 15.5. The lowest BCUT2D eigenvalue weighted by molar-refractivity contribution is -0.116. The third-order valence-corrected chi connectivity index (χ3v) is 18.8. The van der Waals surface area contributed by atoms with Crippen molar-refractivity contribution in [2.75, 3.05) is 0 Å². The minimum absolute atomic E-state index is 0.111. The molecule has 0 aliphatic heterocycles. The highest BCUT2D eigenvalue weighted by Gasteiger charge is 2.58. The molecule has 0 radical (unpaired) electrons. The summed E-state index contributed by atoms with van der Waals surface area (Å²) < 4.78 is 0. The third-order valence-electron chi connectivity index (χ3n) is 18.8. The van der Waals surface area contributed by atoms with E-state index < -0.39 is 0 Å². The second-order valence-corrected chi connectivity index (χ2v) is 22.5. The summed E-state index contributed by atoms with van der Waals surface area (Å²) in [5.74, 6) is 6.79. The Kier molecular flexibility index (Phi) is 12.3. The largest absolute Gasteiger partial charge is 0.393 e. The van der Waals surface area contributed by atoms with Crippen molar-refractivity contribution in [2.45, 2.75) is 191 Å².